The van der Waals surface area contributed by atoms with E-state index < -0.39 is 23.4 Å². The predicted octanol–water partition coefficient (Wildman–Crippen LogP) is 5.73. The van der Waals surface area contributed by atoms with Gasteiger partial charge in [-0.2, -0.15) is 4.90 Å². The van der Waals surface area contributed by atoms with E-state index in [1.54, 1.807) is 53.7 Å². The normalized spacial score (nSPS) is 11.8. The lowest BCUT2D eigenvalue weighted by molar-refractivity contribution is 0.0430. The number of anilines is 1. The second kappa shape index (κ2) is 7.38. The highest BCUT2D eigenvalue weighted by molar-refractivity contribution is 14.1. The molecule has 1 aromatic rings. The Kier molecular flexibility index (Phi) is 6.48. The molecule has 0 atom stereocenters. The molecule has 5 nitrogen and oxygen atoms in total. The molecule has 128 valence electrons. The fourth-order valence-electron chi connectivity index (χ4n) is 1.54. The maximum Gasteiger partial charge on any atom is 0.424 e. The van der Waals surface area contributed by atoms with Crippen molar-refractivity contribution in [2.75, 3.05) is 4.90 Å². The zero-order valence-corrected chi connectivity index (χ0v) is 17.8. The molecule has 0 saturated carbocycles. The number of rotatable bonds is 1. The molecule has 0 spiro atoms. The molecular formula is C16H21BrINO4. The van der Waals surface area contributed by atoms with Crippen LogP contribution >= 0.6 is 38.5 Å². The van der Waals surface area contributed by atoms with Gasteiger partial charge in [-0.25, -0.2) is 9.59 Å². The highest BCUT2D eigenvalue weighted by Gasteiger charge is 2.33. The number of carbonyl (C=O) groups is 2. The minimum Gasteiger partial charge on any atom is -0.443 e. The van der Waals surface area contributed by atoms with E-state index in [0.717, 1.165) is 12.9 Å². The maximum absolute atomic E-state index is 12.5. The lowest BCUT2D eigenvalue weighted by atomic mass is 10.2. The van der Waals surface area contributed by atoms with Gasteiger partial charge in [-0.15, -0.1) is 0 Å². The zero-order chi connectivity index (χ0) is 18.0. The molecule has 0 aromatic heterocycles. The summed E-state index contributed by atoms with van der Waals surface area (Å²) in [4.78, 5) is 26.0. The molecule has 2 amide bonds. The third kappa shape index (κ3) is 6.66. The molecule has 1 aromatic carbocycles. The monoisotopic (exact) mass is 497 g/mol. The first kappa shape index (κ1) is 20.2. The van der Waals surface area contributed by atoms with Gasteiger partial charge in [-0.1, -0.05) is 15.9 Å². The lowest BCUT2D eigenvalue weighted by Gasteiger charge is -2.29. The fourth-order valence-corrected chi connectivity index (χ4v) is 2.47. The minimum atomic E-state index is -0.775. The highest BCUT2D eigenvalue weighted by atomic mass is 127. The Balaban J connectivity index is 3.28. The molecule has 0 aliphatic carbocycles. The number of carbonyl (C=O) groups excluding carboxylic acids is 2. The summed E-state index contributed by atoms with van der Waals surface area (Å²) in [5.41, 5.74) is -1.05. The average Bonchev–Trinajstić information content (AvgIpc) is 2.29. The molecular weight excluding hydrogens is 477 g/mol. The number of benzene rings is 1. The van der Waals surface area contributed by atoms with Crippen LogP contribution < -0.4 is 4.90 Å². The Morgan fingerprint density at radius 3 is 1.83 bits per heavy atom. The van der Waals surface area contributed by atoms with E-state index in [4.69, 9.17) is 9.47 Å². The number of amides is 2. The molecule has 0 radical (unpaired) electrons. The van der Waals surface area contributed by atoms with Crippen LogP contribution in [0.4, 0.5) is 15.3 Å². The van der Waals surface area contributed by atoms with Crippen LogP contribution in [0.3, 0.4) is 0 Å². The third-order valence-corrected chi connectivity index (χ3v) is 3.71. The molecule has 0 fully saturated rings. The van der Waals surface area contributed by atoms with Crippen LogP contribution in [0.25, 0.3) is 0 Å². The molecule has 0 aliphatic heterocycles. The van der Waals surface area contributed by atoms with Crippen LogP contribution in [0.5, 0.6) is 0 Å². The summed E-state index contributed by atoms with van der Waals surface area (Å²) in [5, 5.41) is 0. The quantitative estimate of drug-likeness (QED) is 0.465. The Bertz CT molecular complexity index is 577. The fraction of sp³-hybridized carbons (Fsp3) is 0.500. The first-order valence-corrected chi connectivity index (χ1v) is 8.88. The second-order valence-corrected chi connectivity index (χ2v) is 8.97. The third-order valence-electron chi connectivity index (χ3n) is 2.30. The Morgan fingerprint density at radius 2 is 1.43 bits per heavy atom. The average molecular weight is 498 g/mol. The molecule has 7 heteroatoms. The van der Waals surface area contributed by atoms with Gasteiger partial charge in [-0.05, 0) is 82.3 Å². The largest absolute Gasteiger partial charge is 0.443 e. The van der Waals surface area contributed by atoms with E-state index >= 15 is 0 Å². The second-order valence-electron chi connectivity index (χ2n) is 6.89. The van der Waals surface area contributed by atoms with Gasteiger partial charge >= 0.3 is 12.2 Å². The van der Waals surface area contributed by atoms with E-state index in [2.05, 4.69) is 38.5 Å². The van der Waals surface area contributed by atoms with Gasteiger partial charge in [0.05, 0.1) is 5.69 Å². The predicted molar refractivity (Wildman–Crippen MR) is 102 cm³/mol. The first-order valence-electron chi connectivity index (χ1n) is 7.01. The molecule has 0 bridgehead atoms. The van der Waals surface area contributed by atoms with Gasteiger partial charge in [0.1, 0.15) is 11.2 Å². The van der Waals surface area contributed by atoms with Crippen LogP contribution in [-0.4, -0.2) is 23.4 Å². The summed E-state index contributed by atoms with van der Waals surface area (Å²) in [7, 11) is 0. The van der Waals surface area contributed by atoms with Crippen LogP contribution in [0.2, 0.25) is 0 Å². The topological polar surface area (TPSA) is 55.8 Å². The number of halogens is 2. The maximum atomic E-state index is 12.5. The van der Waals surface area contributed by atoms with Crippen molar-refractivity contribution >= 4 is 56.4 Å². The number of hydrogen-bond donors (Lipinski definition) is 0. The smallest absolute Gasteiger partial charge is 0.424 e. The van der Waals surface area contributed by atoms with Crippen molar-refractivity contribution in [2.24, 2.45) is 0 Å². The molecule has 0 aliphatic rings. The number of hydrogen-bond acceptors (Lipinski definition) is 4. The van der Waals surface area contributed by atoms with Gasteiger partial charge in [0.15, 0.2) is 0 Å². The summed E-state index contributed by atoms with van der Waals surface area (Å²) in [6, 6.07) is 5.30. The van der Waals surface area contributed by atoms with Crippen molar-refractivity contribution in [3.63, 3.8) is 0 Å². The standard InChI is InChI=1S/C16H21BrINO4/c1-15(2,3)22-13(20)19(14(21)23-16(4,5)6)12-9-10(17)7-8-11(12)18/h7-9H,1-6H3. The molecule has 0 heterocycles. The molecule has 0 N–H and O–H groups in total. The number of imide groups is 1. The van der Waals surface area contributed by atoms with Crippen LogP contribution in [0.1, 0.15) is 41.5 Å². The van der Waals surface area contributed by atoms with E-state index in [0.29, 0.717) is 5.69 Å². The first-order chi connectivity index (χ1) is 10.3. The van der Waals surface area contributed by atoms with Gasteiger partial charge in [0.25, 0.3) is 0 Å². The SMILES string of the molecule is CC(C)(C)OC(=O)N(C(=O)OC(C)(C)C)c1cc(Br)ccc1I. The van der Waals surface area contributed by atoms with Gasteiger partial charge in [-0.3, -0.25) is 0 Å². The van der Waals surface area contributed by atoms with Gasteiger partial charge < -0.3 is 9.47 Å². The molecule has 0 saturated heterocycles. The Labute approximate surface area is 159 Å². The van der Waals surface area contributed by atoms with E-state index in [1.165, 1.54) is 0 Å². The zero-order valence-electron chi connectivity index (χ0n) is 14.1. The summed E-state index contributed by atoms with van der Waals surface area (Å²) in [5.74, 6) is 0. The van der Waals surface area contributed by atoms with Gasteiger partial charge in [0.2, 0.25) is 0 Å². The lowest BCUT2D eigenvalue weighted by Crippen LogP contribution is -2.44. The summed E-state index contributed by atoms with van der Waals surface area (Å²) >= 11 is 5.41. The van der Waals surface area contributed by atoms with E-state index in [9.17, 15) is 9.59 Å². The van der Waals surface area contributed by atoms with Crippen molar-refractivity contribution in [3.8, 4) is 0 Å². The van der Waals surface area contributed by atoms with E-state index in [-0.39, 0.29) is 0 Å². The van der Waals surface area contributed by atoms with Crippen molar-refractivity contribution in [3.05, 3.63) is 26.2 Å². The molecule has 1 rings (SSSR count). The molecule has 23 heavy (non-hydrogen) atoms. The van der Waals surface area contributed by atoms with Crippen molar-refractivity contribution < 1.29 is 19.1 Å². The highest BCUT2D eigenvalue weighted by Crippen LogP contribution is 2.29. The number of nitrogens with zero attached hydrogens (tertiary/aromatic N) is 1. The van der Waals surface area contributed by atoms with E-state index in [1.807, 2.05) is 6.07 Å². The van der Waals surface area contributed by atoms with Crippen molar-refractivity contribution in [2.45, 2.75) is 52.7 Å². The summed E-state index contributed by atoms with van der Waals surface area (Å²) in [6.45, 7) is 10.4. The summed E-state index contributed by atoms with van der Waals surface area (Å²) < 4.78 is 12.2. The minimum absolute atomic E-state index is 0.406. The van der Waals surface area contributed by atoms with Crippen molar-refractivity contribution in [1.82, 2.24) is 0 Å². The summed E-state index contributed by atoms with van der Waals surface area (Å²) in [6.07, 6.45) is -1.55. The van der Waals surface area contributed by atoms with Crippen molar-refractivity contribution in [1.29, 1.82) is 0 Å². The van der Waals surface area contributed by atoms with Crippen LogP contribution in [0.15, 0.2) is 22.7 Å². The Morgan fingerprint density at radius 1 is 1.00 bits per heavy atom. The van der Waals surface area contributed by atoms with Crippen LogP contribution in [-0.2, 0) is 9.47 Å². The van der Waals surface area contributed by atoms with Crippen LogP contribution in [0, 0.1) is 3.57 Å². The molecule has 0 unspecified atom stereocenters. The number of ether oxygens (including phenoxy) is 2. The Hall–Kier alpha value is -0.830. The van der Waals surface area contributed by atoms with Gasteiger partial charge in [0, 0.05) is 8.04 Å².